The van der Waals surface area contributed by atoms with E-state index in [1.807, 2.05) is 31.2 Å². The molecule has 9 heteroatoms. The highest BCUT2D eigenvalue weighted by Crippen LogP contribution is 2.29. The highest BCUT2D eigenvalue weighted by molar-refractivity contribution is 7.27. The molecule has 0 spiro atoms. The number of fused-ring (bicyclic) bond motifs is 1. The lowest BCUT2D eigenvalue weighted by molar-refractivity contribution is 0.0604. The molecule has 1 N–H and O–H groups in total. The molecule has 32 heavy (non-hydrogen) atoms. The Bertz CT molecular complexity index is 1290. The molecule has 0 aliphatic carbocycles. The van der Waals surface area contributed by atoms with Crippen molar-refractivity contribution in [3.63, 3.8) is 0 Å². The first kappa shape index (κ1) is 22.2. The summed E-state index contributed by atoms with van der Waals surface area (Å²) in [5, 5.41) is 21.4. The molecule has 2 atom stereocenters. The van der Waals surface area contributed by atoms with E-state index < -0.39 is 11.2 Å². The van der Waals surface area contributed by atoms with E-state index in [0.29, 0.717) is 30.9 Å². The van der Waals surface area contributed by atoms with Crippen LogP contribution in [0.4, 0.5) is 0 Å². The normalized spacial score (nSPS) is 15.3. The molecule has 4 rings (SSSR count). The number of carbonyl (C=O) groups excluding carboxylic acids is 1. The Labute approximate surface area is 192 Å². The van der Waals surface area contributed by atoms with Crippen molar-refractivity contribution >= 4 is 31.8 Å². The van der Waals surface area contributed by atoms with Gasteiger partial charge in [0, 0.05) is 32.1 Å². The van der Waals surface area contributed by atoms with E-state index in [4.69, 9.17) is 0 Å². The van der Waals surface area contributed by atoms with E-state index in [9.17, 15) is 14.7 Å². The maximum Gasteiger partial charge on any atom is 0.274 e. The zero-order chi connectivity index (χ0) is 22.8. The van der Waals surface area contributed by atoms with Gasteiger partial charge < -0.3 is 14.6 Å². The number of pyridine rings is 1. The molecule has 0 saturated carbocycles. The number of hydrogen-bond donors (Lipinski definition) is 1. The molecule has 7 nitrogen and oxygen atoms in total. The van der Waals surface area contributed by atoms with Crippen molar-refractivity contribution in [1.82, 2.24) is 19.7 Å². The van der Waals surface area contributed by atoms with Crippen LogP contribution in [0.1, 0.15) is 41.3 Å². The molecular weight excluding hydrogens is 443 g/mol. The van der Waals surface area contributed by atoms with Crippen molar-refractivity contribution in [1.29, 1.82) is 0 Å². The first-order chi connectivity index (χ1) is 15.4. The van der Waals surface area contributed by atoms with Gasteiger partial charge in [-0.25, -0.2) is 0 Å². The predicted molar refractivity (Wildman–Crippen MR) is 128 cm³/mol. The van der Waals surface area contributed by atoms with Crippen molar-refractivity contribution in [2.24, 2.45) is 0 Å². The average molecular weight is 467 g/mol. The number of aromatic hydroxyl groups is 1. The molecule has 2 aromatic heterocycles. The van der Waals surface area contributed by atoms with Crippen LogP contribution in [0, 0.1) is 11.8 Å². The second kappa shape index (κ2) is 9.23. The zero-order valence-electron chi connectivity index (χ0n) is 17.8. The molecule has 1 aromatic carbocycles. The number of amides is 1. The Balaban J connectivity index is 1.70. The van der Waals surface area contributed by atoms with Crippen LogP contribution in [-0.4, -0.2) is 43.3 Å². The van der Waals surface area contributed by atoms with Gasteiger partial charge in [-0.1, -0.05) is 35.6 Å². The number of likely N-dealkylation sites (N-methyl/N-ethyl adjacent to an activating group) is 1. The van der Waals surface area contributed by atoms with Crippen LogP contribution in [-0.2, 0) is 13.0 Å². The summed E-state index contributed by atoms with van der Waals surface area (Å²) in [6.45, 7) is 4.55. The Morgan fingerprint density at radius 3 is 2.69 bits per heavy atom. The highest BCUT2D eigenvalue weighted by atomic mass is 32.1. The van der Waals surface area contributed by atoms with Gasteiger partial charge in [-0.2, -0.15) is 0 Å². The average Bonchev–Trinajstić information content (AvgIpc) is 3.24. The molecule has 0 radical (unpaired) electrons. The fraction of sp³-hybridized carbons (Fsp3) is 0.304. The van der Waals surface area contributed by atoms with Gasteiger partial charge in [-0.3, -0.25) is 9.59 Å². The second-order valence-electron chi connectivity index (χ2n) is 7.52. The maximum absolute atomic E-state index is 13.0. The molecule has 3 aromatic rings. The Kier molecular flexibility index (Phi) is 6.40. The number of aromatic nitrogens is 3. The summed E-state index contributed by atoms with van der Waals surface area (Å²) in [4.78, 5) is 27.6. The summed E-state index contributed by atoms with van der Waals surface area (Å²) in [5.41, 5.74) is 0.744. The van der Waals surface area contributed by atoms with Crippen molar-refractivity contribution in [3.05, 3.63) is 57.0 Å². The molecule has 2 unspecified atom stereocenters. The molecule has 0 saturated heterocycles. The minimum atomic E-state index is -0.609. The fourth-order valence-electron chi connectivity index (χ4n) is 3.84. The Morgan fingerprint density at radius 1 is 1.25 bits per heavy atom. The first-order valence-electron chi connectivity index (χ1n) is 10.3. The third-order valence-electron chi connectivity index (χ3n) is 5.46. The second-order valence-corrected chi connectivity index (χ2v) is 9.25. The highest BCUT2D eigenvalue weighted by Gasteiger charge is 2.34. The molecule has 0 fully saturated rings. The van der Waals surface area contributed by atoms with Crippen LogP contribution in [0.15, 0.2) is 35.3 Å². The minimum absolute atomic E-state index is 0.0172. The van der Waals surface area contributed by atoms with Crippen LogP contribution >= 0.6 is 20.6 Å². The maximum atomic E-state index is 13.0. The van der Waals surface area contributed by atoms with E-state index in [0.717, 1.165) is 15.9 Å². The molecule has 1 amide bonds. The Hall–Kier alpha value is -3.01. The number of benzene rings is 1. The monoisotopic (exact) mass is 466 g/mol. The molecule has 3 heterocycles. The van der Waals surface area contributed by atoms with Crippen LogP contribution in [0.2, 0.25) is 0 Å². The standard InChI is InChI=1S/C23H23N4O3PS/c1-3-5-6-15-12-26-13-17(20(28)21(29)19(26)23(30)27(15)4-2)22-25-24-18(32-22)11-14-7-9-16(31)10-8-14/h7-10,13,15,29H,4,6,11-12,31H2,1-2H3. The SMILES string of the molecule is CC#CCC1Cn2cc(-c3nnc(Cc4ccc(P)cc4)s3)c(=O)c(O)c2C(=O)N1CC. The van der Waals surface area contributed by atoms with Crippen molar-refractivity contribution in [2.75, 3.05) is 6.54 Å². The van der Waals surface area contributed by atoms with Crippen LogP contribution in [0.5, 0.6) is 5.75 Å². The molecule has 0 bridgehead atoms. The van der Waals surface area contributed by atoms with Gasteiger partial charge in [0.15, 0.2) is 16.5 Å². The van der Waals surface area contributed by atoms with Gasteiger partial charge in [-0.05, 0) is 24.7 Å². The number of hydrogen-bond acceptors (Lipinski definition) is 6. The van der Waals surface area contributed by atoms with Crippen molar-refractivity contribution in [3.8, 4) is 28.2 Å². The van der Waals surface area contributed by atoms with Gasteiger partial charge in [-0.15, -0.1) is 31.3 Å². The van der Waals surface area contributed by atoms with Gasteiger partial charge >= 0.3 is 0 Å². The van der Waals surface area contributed by atoms with E-state index in [1.54, 1.807) is 22.6 Å². The van der Waals surface area contributed by atoms with E-state index in [-0.39, 0.29) is 23.2 Å². The third kappa shape index (κ3) is 4.19. The molecule has 164 valence electrons. The van der Waals surface area contributed by atoms with Crippen LogP contribution in [0.3, 0.4) is 0 Å². The molecular formula is C23H23N4O3PS. The lowest BCUT2D eigenvalue weighted by atomic mass is 10.1. The van der Waals surface area contributed by atoms with Crippen LogP contribution < -0.4 is 10.7 Å². The lowest BCUT2D eigenvalue weighted by Gasteiger charge is -2.36. The van der Waals surface area contributed by atoms with Gasteiger partial charge in [0.2, 0.25) is 5.43 Å². The quantitative estimate of drug-likeness (QED) is 0.461. The summed E-state index contributed by atoms with van der Waals surface area (Å²) in [6, 6.07) is 7.92. The van der Waals surface area contributed by atoms with E-state index >= 15 is 0 Å². The largest absolute Gasteiger partial charge is 0.503 e. The lowest BCUT2D eigenvalue weighted by Crippen LogP contribution is -2.48. The molecule has 1 aliphatic heterocycles. The summed E-state index contributed by atoms with van der Waals surface area (Å²) in [6.07, 6.45) is 2.74. The van der Waals surface area contributed by atoms with Crippen molar-refractivity contribution < 1.29 is 9.90 Å². The topological polar surface area (TPSA) is 88.3 Å². The number of rotatable bonds is 5. The summed E-state index contributed by atoms with van der Waals surface area (Å²) >= 11 is 1.31. The van der Waals surface area contributed by atoms with Crippen molar-refractivity contribution in [2.45, 2.75) is 39.3 Å². The zero-order valence-corrected chi connectivity index (χ0v) is 19.8. The number of carbonyl (C=O) groups is 1. The van der Waals surface area contributed by atoms with E-state index in [1.165, 1.54) is 11.3 Å². The fourth-order valence-corrected chi connectivity index (χ4v) is 4.91. The van der Waals surface area contributed by atoms with Crippen LogP contribution in [0.25, 0.3) is 10.6 Å². The summed E-state index contributed by atoms with van der Waals surface area (Å²) < 4.78 is 1.65. The first-order valence-corrected chi connectivity index (χ1v) is 11.7. The van der Waals surface area contributed by atoms with Gasteiger partial charge in [0.25, 0.3) is 5.91 Å². The summed E-state index contributed by atoms with van der Waals surface area (Å²) in [5.74, 6) is 4.99. The number of nitrogens with zero attached hydrogens (tertiary/aromatic N) is 4. The molecule has 1 aliphatic rings. The predicted octanol–water partition coefficient (Wildman–Crippen LogP) is 2.42. The van der Waals surface area contributed by atoms with Gasteiger partial charge in [0.05, 0.1) is 11.6 Å². The smallest absolute Gasteiger partial charge is 0.274 e. The summed E-state index contributed by atoms with van der Waals surface area (Å²) in [7, 11) is 2.65. The third-order valence-corrected chi connectivity index (χ3v) is 6.80. The Morgan fingerprint density at radius 2 is 2.00 bits per heavy atom. The van der Waals surface area contributed by atoms with E-state index in [2.05, 4.69) is 31.3 Å². The minimum Gasteiger partial charge on any atom is -0.503 e. The van der Waals surface area contributed by atoms with Gasteiger partial charge in [0.1, 0.15) is 5.01 Å².